The summed E-state index contributed by atoms with van der Waals surface area (Å²) in [5, 5.41) is 0. The SMILES string of the molecule is C=CC1=NC(C)(C(=C)C)CO1. The summed E-state index contributed by atoms with van der Waals surface area (Å²) in [6, 6.07) is 0. The average Bonchev–Trinajstić information content (AvgIpc) is 2.33. The third kappa shape index (κ3) is 1.34. The highest BCUT2D eigenvalue weighted by Crippen LogP contribution is 2.25. The van der Waals surface area contributed by atoms with Gasteiger partial charge in [-0.15, -0.1) is 0 Å². The highest BCUT2D eigenvalue weighted by Gasteiger charge is 2.31. The molecule has 1 aliphatic rings. The van der Waals surface area contributed by atoms with E-state index in [2.05, 4.69) is 18.2 Å². The Morgan fingerprint density at radius 3 is 2.73 bits per heavy atom. The van der Waals surface area contributed by atoms with E-state index in [1.807, 2.05) is 13.8 Å². The van der Waals surface area contributed by atoms with Crippen LogP contribution in [0.4, 0.5) is 0 Å². The fraction of sp³-hybridized carbons (Fsp3) is 0.444. The minimum atomic E-state index is -0.233. The van der Waals surface area contributed by atoms with Crippen molar-refractivity contribution in [3.63, 3.8) is 0 Å². The third-order valence-electron chi connectivity index (χ3n) is 1.95. The molecule has 0 saturated heterocycles. The first-order chi connectivity index (χ1) is 5.08. The molecule has 2 heteroatoms. The summed E-state index contributed by atoms with van der Waals surface area (Å²) >= 11 is 0. The Kier molecular flexibility index (Phi) is 1.85. The summed E-state index contributed by atoms with van der Waals surface area (Å²) < 4.78 is 5.25. The van der Waals surface area contributed by atoms with E-state index >= 15 is 0 Å². The molecule has 1 unspecified atom stereocenters. The third-order valence-corrected chi connectivity index (χ3v) is 1.95. The van der Waals surface area contributed by atoms with Crippen molar-refractivity contribution >= 4 is 5.90 Å². The number of aliphatic imine (C=N–C) groups is 1. The maximum atomic E-state index is 5.25. The van der Waals surface area contributed by atoms with E-state index in [0.29, 0.717) is 12.5 Å². The first-order valence-corrected chi connectivity index (χ1v) is 3.59. The van der Waals surface area contributed by atoms with Crippen molar-refractivity contribution in [3.8, 4) is 0 Å². The maximum Gasteiger partial charge on any atom is 0.209 e. The fourth-order valence-corrected chi connectivity index (χ4v) is 0.845. The molecule has 1 aliphatic heterocycles. The van der Waals surface area contributed by atoms with Gasteiger partial charge in [0.15, 0.2) is 0 Å². The Morgan fingerprint density at radius 1 is 1.82 bits per heavy atom. The minimum Gasteiger partial charge on any atom is -0.475 e. The lowest BCUT2D eigenvalue weighted by Crippen LogP contribution is -2.24. The second-order valence-electron chi connectivity index (χ2n) is 3.00. The molecule has 60 valence electrons. The van der Waals surface area contributed by atoms with Gasteiger partial charge in [-0.1, -0.05) is 13.2 Å². The highest BCUT2D eigenvalue weighted by molar-refractivity contribution is 5.89. The molecule has 0 N–H and O–H groups in total. The molecule has 0 radical (unpaired) electrons. The zero-order valence-electron chi connectivity index (χ0n) is 7.05. The molecule has 0 aliphatic carbocycles. The number of ether oxygens (including phenoxy) is 1. The van der Waals surface area contributed by atoms with Gasteiger partial charge in [-0.25, -0.2) is 4.99 Å². The second kappa shape index (κ2) is 2.53. The summed E-state index contributed by atoms with van der Waals surface area (Å²) in [5.74, 6) is 0.621. The molecule has 11 heavy (non-hydrogen) atoms. The molecule has 0 bridgehead atoms. The maximum absolute atomic E-state index is 5.25. The number of rotatable bonds is 2. The topological polar surface area (TPSA) is 21.6 Å². The molecule has 1 rings (SSSR count). The number of nitrogens with zero attached hydrogens (tertiary/aromatic N) is 1. The van der Waals surface area contributed by atoms with E-state index in [4.69, 9.17) is 4.74 Å². The van der Waals surface area contributed by atoms with E-state index in [-0.39, 0.29) is 5.54 Å². The molecule has 0 aromatic rings. The van der Waals surface area contributed by atoms with Gasteiger partial charge in [0.25, 0.3) is 0 Å². The lowest BCUT2D eigenvalue weighted by molar-refractivity contribution is 0.289. The number of hydrogen-bond donors (Lipinski definition) is 0. The molecule has 1 atom stereocenters. The molecule has 0 spiro atoms. The smallest absolute Gasteiger partial charge is 0.209 e. The van der Waals surface area contributed by atoms with Crippen LogP contribution in [0.1, 0.15) is 13.8 Å². The van der Waals surface area contributed by atoms with E-state index in [1.54, 1.807) is 6.08 Å². The first kappa shape index (κ1) is 8.05. The lowest BCUT2D eigenvalue weighted by atomic mass is 9.97. The van der Waals surface area contributed by atoms with Gasteiger partial charge in [-0.05, 0) is 25.5 Å². The molecule has 0 amide bonds. The molecule has 2 nitrogen and oxygen atoms in total. The Hall–Kier alpha value is -1.05. The van der Waals surface area contributed by atoms with Gasteiger partial charge in [0, 0.05) is 0 Å². The lowest BCUT2D eigenvalue weighted by Gasteiger charge is -2.17. The molecular formula is C9H13NO. The highest BCUT2D eigenvalue weighted by atomic mass is 16.5. The van der Waals surface area contributed by atoms with Crippen LogP contribution >= 0.6 is 0 Å². The Labute approximate surface area is 67.3 Å². The van der Waals surface area contributed by atoms with Crippen LogP contribution in [0, 0.1) is 0 Å². The van der Waals surface area contributed by atoms with Crippen molar-refractivity contribution in [2.24, 2.45) is 4.99 Å². The first-order valence-electron chi connectivity index (χ1n) is 3.59. The van der Waals surface area contributed by atoms with Gasteiger partial charge in [0.1, 0.15) is 12.1 Å². The predicted octanol–water partition coefficient (Wildman–Crippen LogP) is 1.94. The minimum absolute atomic E-state index is 0.233. The van der Waals surface area contributed by atoms with Crippen LogP contribution in [0.15, 0.2) is 29.8 Å². The van der Waals surface area contributed by atoms with Crippen molar-refractivity contribution in [1.29, 1.82) is 0 Å². The largest absolute Gasteiger partial charge is 0.475 e. The van der Waals surface area contributed by atoms with Crippen LogP contribution < -0.4 is 0 Å². The van der Waals surface area contributed by atoms with Gasteiger partial charge in [0.2, 0.25) is 5.90 Å². The Morgan fingerprint density at radius 2 is 2.45 bits per heavy atom. The molecule has 0 aromatic heterocycles. The van der Waals surface area contributed by atoms with Crippen LogP contribution in [0.25, 0.3) is 0 Å². The van der Waals surface area contributed by atoms with Crippen LogP contribution in [-0.4, -0.2) is 18.0 Å². The van der Waals surface area contributed by atoms with Gasteiger partial charge in [-0.3, -0.25) is 0 Å². The monoisotopic (exact) mass is 151 g/mol. The van der Waals surface area contributed by atoms with Gasteiger partial charge >= 0.3 is 0 Å². The summed E-state index contributed by atoms with van der Waals surface area (Å²) in [7, 11) is 0. The normalized spacial score (nSPS) is 29.1. The summed E-state index contributed by atoms with van der Waals surface area (Å²) in [6.07, 6.45) is 1.62. The average molecular weight is 151 g/mol. The van der Waals surface area contributed by atoms with Crippen LogP contribution in [0.3, 0.4) is 0 Å². The van der Waals surface area contributed by atoms with E-state index in [9.17, 15) is 0 Å². The second-order valence-corrected chi connectivity index (χ2v) is 3.00. The Balaban J connectivity index is 2.86. The van der Waals surface area contributed by atoms with Gasteiger partial charge in [0.05, 0.1) is 0 Å². The predicted molar refractivity (Wildman–Crippen MR) is 46.8 cm³/mol. The van der Waals surface area contributed by atoms with Crippen LogP contribution in [0.2, 0.25) is 0 Å². The van der Waals surface area contributed by atoms with E-state index in [0.717, 1.165) is 5.57 Å². The van der Waals surface area contributed by atoms with Gasteiger partial charge < -0.3 is 4.74 Å². The van der Waals surface area contributed by atoms with E-state index < -0.39 is 0 Å². The van der Waals surface area contributed by atoms with Crippen molar-refractivity contribution in [2.45, 2.75) is 19.4 Å². The molecular weight excluding hydrogens is 138 g/mol. The molecule has 0 aromatic carbocycles. The van der Waals surface area contributed by atoms with Gasteiger partial charge in [-0.2, -0.15) is 0 Å². The van der Waals surface area contributed by atoms with Crippen LogP contribution in [-0.2, 0) is 4.74 Å². The van der Waals surface area contributed by atoms with Crippen LogP contribution in [0.5, 0.6) is 0 Å². The van der Waals surface area contributed by atoms with E-state index in [1.165, 1.54) is 0 Å². The standard InChI is InChI=1S/C9H13NO/c1-5-8-10-9(4,6-11-8)7(2)3/h5H,1-2,6H2,3-4H3. The summed E-state index contributed by atoms with van der Waals surface area (Å²) in [5.41, 5.74) is 0.790. The van der Waals surface area contributed by atoms with Crippen molar-refractivity contribution < 1.29 is 4.74 Å². The molecule has 0 fully saturated rings. The molecule has 1 heterocycles. The fourth-order valence-electron chi connectivity index (χ4n) is 0.845. The Bertz CT molecular complexity index is 230. The van der Waals surface area contributed by atoms with Crippen molar-refractivity contribution in [2.75, 3.05) is 6.61 Å². The zero-order valence-corrected chi connectivity index (χ0v) is 7.05. The number of hydrogen-bond acceptors (Lipinski definition) is 2. The van der Waals surface area contributed by atoms with Crippen molar-refractivity contribution in [1.82, 2.24) is 0 Å². The summed E-state index contributed by atoms with van der Waals surface area (Å²) in [4.78, 5) is 4.31. The molecule has 0 saturated carbocycles. The summed E-state index contributed by atoms with van der Waals surface area (Å²) in [6.45, 7) is 12.0. The zero-order chi connectivity index (χ0) is 8.48. The van der Waals surface area contributed by atoms with Crippen molar-refractivity contribution in [3.05, 3.63) is 24.8 Å². The quantitative estimate of drug-likeness (QED) is 0.553.